The van der Waals surface area contributed by atoms with E-state index in [-0.39, 0.29) is 0 Å². The predicted octanol–water partition coefficient (Wildman–Crippen LogP) is 0.996. The second kappa shape index (κ2) is 7.66. The predicted molar refractivity (Wildman–Crippen MR) is 83.0 cm³/mol. The highest BCUT2D eigenvalue weighted by molar-refractivity contribution is 5.32. The van der Waals surface area contributed by atoms with Crippen LogP contribution in [0.1, 0.15) is 20.3 Å². The zero-order valence-corrected chi connectivity index (χ0v) is 13.3. The first kappa shape index (κ1) is 16.1. The maximum atomic E-state index is 10.2. The lowest BCUT2D eigenvalue weighted by atomic mass is 9.92. The van der Waals surface area contributed by atoms with E-state index in [0.717, 1.165) is 43.0 Å². The number of aliphatic hydroxyl groups excluding tert-OH is 1. The molecule has 4 heteroatoms. The molecule has 118 valence electrons. The van der Waals surface area contributed by atoms with Crippen LogP contribution in [0.4, 0.5) is 0 Å². The minimum atomic E-state index is -0.427. The SMILES string of the molecule is COc1cccc(OC[C@@H](O)C[NH+]2C[C@H](C)C[C@@H](C)C2)c1. The molecule has 0 radical (unpaired) electrons. The van der Waals surface area contributed by atoms with Crippen LogP contribution in [0.5, 0.6) is 11.5 Å². The van der Waals surface area contributed by atoms with Gasteiger partial charge in [0.05, 0.1) is 20.2 Å². The first-order valence-electron chi connectivity index (χ1n) is 7.85. The van der Waals surface area contributed by atoms with Crippen LogP contribution in [0.3, 0.4) is 0 Å². The molecule has 2 N–H and O–H groups in total. The molecular formula is C17H28NO3+. The maximum Gasteiger partial charge on any atom is 0.137 e. The van der Waals surface area contributed by atoms with Gasteiger partial charge >= 0.3 is 0 Å². The molecule has 3 atom stereocenters. The summed E-state index contributed by atoms with van der Waals surface area (Å²) >= 11 is 0. The Bertz CT molecular complexity index is 428. The van der Waals surface area contributed by atoms with E-state index in [1.165, 1.54) is 11.3 Å². The van der Waals surface area contributed by atoms with Gasteiger partial charge in [-0.1, -0.05) is 19.9 Å². The van der Waals surface area contributed by atoms with Crippen LogP contribution in [-0.4, -0.2) is 44.6 Å². The van der Waals surface area contributed by atoms with Crippen molar-refractivity contribution in [3.63, 3.8) is 0 Å². The average molecular weight is 294 g/mol. The number of methoxy groups -OCH3 is 1. The number of piperidine rings is 1. The van der Waals surface area contributed by atoms with Crippen molar-refractivity contribution in [2.75, 3.05) is 33.4 Å². The Morgan fingerprint density at radius 2 is 1.90 bits per heavy atom. The summed E-state index contributed by atoms with van der Waals surface area (Å²) in [6, 6.07) is 7.49. The van der Waals surface area contributed by atoms with Crippen molar-refractivity contribution in [1.82, 2.24) is 0 Å². The van der Waals surface area contributed by atoms with Crippen molar-refractivity contribution in [2.24, 2.45) is 11.8 Å². The molecule has 1 fully saturated rings. The summed E-state index contributed by atoms with van der Waals surface area (Å²) in [7, 11) is 1.63. The van der Waals surface area contributed by atoms with Crippen LogP contribution in [0.2, 0.25) is 0 Å². The highest BCUT2D eigenvalue weighted by atomic mass is 16.5. The van der Waals surface area contributed by atoms with E-state index in [1.807, 2.05) is 24.3 Å². The van der Waals surface area contributed by atoms with Gasteiger partial charge in [-0.25, -0.2) is 0 Å². The van der Waals surface area contributed by atoms with Crippen molar-refractivity contribution in [3.8, 4) is 11.5 Å². The summed E-state index contributed by atoms with van der Waals surface area (Å²) in [5, 5.41) is 10.2. The van der Waals surface area contributed by atoms with Gasteiger partial charge in [0.1, 0.15) is 30.8 Å². The summed E-state index contributed by atoms with van der Waals surface area (Å²) in [4.78, 5) is 1.49. The molecule has 1 aromatic rings. The fourth-order valence-electron chi connectivity index (χ4n) is 3.36. The lowest BCUT2D eigenvalue weighted by Crippen LogP contribution is -3.15. The van der Waals surface area contributed by atoms with Crippen molar-refractivity contribution >= 4 is 0 Å². The third-order valence-electron chi connectivity index (χ3n) is 4.09. The Kier molecular flexibility index (Phi) is 5.88. The Hall–Kier alpha value is -1.26. The molecular weight excluding hydrogens is 266 g/mol. The van der Waals surface area contributed by atoms with Gasteiger partial charge in [-0.15, -0.1) is 0 Å². The normalized spacial score (nSPS) is 27.1. The van der Waals surface area contributed by atoms with E-state index < -0.39 is 6.10 Å². The molecule has 21 heavy (non-hydrogen) atoms. The van der Waals surface area contributed by atoms with Gasteiger partial charge < -0.3 is 19.5 Å². The van der Waals surface area contributed by atoms with E-state index >= 15 is 0 Å². The van der Waals surface area contributed by atoms with Crippen LogP contribution in [0, 0.1) is 11.8 Å². The first-order valence-corrected chi connectivity index (χ1v) is 7.85. The molecule has 0 unspecified atom stereocenters. The fourth-order valence-corrected chi connectivity index (χ4v) is 3.36. The number of ether oxygens (including phenoxy) is 2. The van der Waals surface area contributed by atoms with Gasteiger partial charge in [0.25, 0.3) is 0 Å². The van der Waals surface area contributed by atoms with E-state index in [2.05, 4.69) is 13.8 Å². The third-order valence-corrected chi connectivity index (χ3v) is 4.09. The monoisotopic (exact) mass is 294 g/mol. The average Bonchev–Trinajstić information content (AvgIpc) is 2.44. The number of nitrogens with one attached hydrogen (secondary N) is 1. The summed E-state index contributed by atoms with van der Waals surface area (Å²) in [5.41, 5.74) is 0. The summed E-state index contributed by atoms with van der Waals surface area (Å²) in [6.07, 6.45) is 0.878. The standard InChI is InChI=1S/C17H27NO3/c1-13-7-14(2)10-18(9-13)11-15(19)12-21-17-6-4-5-16(8-17)20-3/h4-6,8,13-15,19H,7,9-12H2,1-3H3/p+1/t13-,14-,15+/m1/s1. The smallest absolute Gasteiger partial charge is 0.137 e. The highest BCUT2D eigenvalue weighted by Crippen LogP contribution is 2.18. The van der Waals surface area contributed by atoms with Gasteiger partial charge in [-0.05, 0) is 18.6 Å². The molecule has 0 saturated carbocycles. The molecule has 0 aliphatic carbocycles. The van der Waals surface area contributed by atoms with Crippen LogP contribution >= 0.6 is 0 Å². The van der Waals surface area contributed by atoms with E-state index in [4.69, 9.17) is 9.47 Å². The number of hydrogen-bond donors (Lipinski definition) is 2. The summed E-state index contributed by atoms with van der Waals surface area (Å²) in [6.45, 7) is 8.00. The third kappa shape index (κ3) is 5.21. The number of likely N-dealkylation sites (tertiary alicyclic amines) is 1. The van der Waals surface area contributed by atoms with E-state index in [0.29, 0.717) is 6.61 Å². The molecule has 1 heterocycles. The topological polar surface area (TPSA) is 43.1 Å². The Labute approximate surface area is 127 Å². The molecule has 1 aliphatic heterocycles. The number of quaternary nitrogens is 1. The first-order chi connectivity index (χ1) is 10.1. The largest absolute Gasteiger partial charge is 0.497 e. The maximum absolute atomic E-state index is 10.2. The lowest BCUT2D eigenvalue weighted by Gasteiger charge is -2.33. The molecule has 0 spiro atoms. The Morgan fingerprint density at radius 3 is 2.57 bits per heavy atom. The van der Waals surface area contributed by atoms with Crippen LogP contribution in [0.15, 0.2) is 24.3 Å². The second-order valence-corrected chi connectivity index (χ2v) is 6.45. The molecule has 4 nitrogen and oxygen atoms in total. The minimum Gasteiger partial charge on any atom is -0.497 e. The molecule has 0 aromatic heterocycles. The van der Waals surface area contributed by atoms with E-state index in [1.54, 1.807) is 7.11 Å². The van der Waals surface area contributed by atoms with Gasteiger partial charge in [-0.3, -0.25) is 0 Å². The van der Waals surface area contributed by atoms with Crippen molar-refractivity contribution in [1.29, 1.82) is 0 Å². The zero-order valence-electron chi connectivity index (χ0n) is 13.3. The molecule has 1 aliphatic rings. The molecule has 1 saturated heterocycles. The summed E-state index contributed by atoms with van der Waals surface area (Å²) in [5.74, 6) is 3.00. The van der Waals surface area contributed by atoms with Crippen LogP contribution < -0.4 is 14.4 Å². The molecule has 1 aromatic carbocycles. The van der Waals surface area contributed by atoms with Gasteiger partial charge in [-0.2, -0.15) is 0 Å². The van der Waals surface area contributed by atoms with Gasteiger partial charge in [0, 0.05) is 17.9 Å². The number of benzene rings is 1. The number of hydrogen-bond acceptors (Lipinski definition) is 3. The minimum absolute atomic E-state index is 0.333. The van der Waals surface area contributed by atoms with Crippen LogP contribution in [-0.2, 0) is 0 Å². The number of aliphatic hydroxyl groups is 1. The van der Waals surface area contributed by atoms with E-state index in [9.17, 15) is 5.11 Å². The van der Waals surface area contributed by atoms with Crippen molar-refractivity contribution < 1.29 is 19.5 Å². The van der Waals surface area contributed by atoms with Gasteiger partial charge in [0.2, 0.25) is 0 Å². The Morgan fingerprint density at radius 1 is 1.24 bits per heavy atom. The zero-order chi connectivity index (χ0) is 15.2. The Balaban J connectivity index is 1.77. The summed E-state index contributed by atoms with van der Waals surface area (Å²) < 4.78 is 10.8. The lowest BCUT2D eigenvalue weighted by molar-refractivity contribution is -0.915. The second-order valence-electron chi connectivity index (χ2n) is 6.45. The van der Waals surface area contributed by atoms with Gasteiger partial charge in [0.15, 0.2) is 0 Å². The molecule has 0 amide bonds. The fraction of sp³-hybridized carbons (Fsp3) is 0.647. The van der Waals surface area contributed by atoms with Crippen LogP contribution in [0.25, 0.3) is 0 Å². The van der Waals surface area contributed by atoms with Crippen molar-refractivity contribution in [3.05, 3.63) is 24.3 Å². The molecule has 2 rings (SSSR count). The van der Waals surface area contributed by atoms with Crippen molar-refractivity contribution in [2.45, 2.75) is 26.4 Å². The number of rotatable bonds is 6. The molecule has 0 bridgehead atoms. The highest BCUT2D eigenvalue weighted by Gasteiger charge is 2.26. The quantitative estimate of drug-likeness (QED) is 0.822.